The Kier molecular flexibility index (Phi) is 6.82. The van der Waals surface area contributed by atoms with Gasteiger partial charge in [-0.05, 0) is 88.5 Å². The fraction of sp³-hybridized carbons (Fsp3) is 0.200. The first-order valence-corrected chi connectivity index (χ1v) is 11.5. The lowest BCUT2D eigenvalue weighted by Gasteiger charge is -2.18. The molecule has 0 bridgehead atoms. The summed E-state index contributed by atoms with van der Waals surface area (Å²) in [6.07, 6.45) is 0. The van der Waals surface area contributed by atoms with Gasteiger partial charge < -0.3 is 16.2 Å². The molecule has 0 aliphatic rings. The third kappa shape index (κ3) is 4.23. The van der Waals surface area contributed by atoms with E-state index in [1.807, 2.05) is 18.2 Å². The monoisotopic (exact) mass is 454 g/mol. The summed E-state index contributed by atoms with van der Waals surface area (Å²) in [4.78, 5) is 0. The second-order valence-electron chi connectivity index (χ2n) is 8.64. The molecular weight excluding hydrogens is 423 g/mol. The fourth-order valence-corrected chi connectivity index (χ4v) is 4.72. The van der Waals surface area contributed by atoms with Crippen LogP contribution < -0.4 is 16.2 Å². The Labute approximate surface area is 201 Å². The summed E-state index contributed by atoms with van der Waals surface area (Å²) in [5.41, 5.74) is 23.0. The van der Waals surface area contributed by atoms with E-state index in [1.165, 1.54) is 29.4 Å². The van der Waals surface area contributed by atoms with Gasteiger partial charge in [0.25, 0.3) is 0 Å². The van der Waals surface area contributed by atoms with Crippen LogP contribution in [0, 0.1) is 26.6 Å². The molecule has 0 saturated heterocycles. The van der Waals surface area contributed by atoms with E-state index in [2.05, 4.69) is 63.2 Å². The minimum absolute atomic E-state index is 0.0893. The van der Waals surface area contributed by atoms with Crippen LogP contribution in [0.25, 0.3) is 33.4 Å². The summed E-state index contributed by atoms with van der Waals surface area (Å²) in [5.74, 6) is 0.118. The van der Waals surface area contributed by atoms with Crippen LogP contribution in [0.3, 0.4) is 0 Å². The first-order chi connectivity index (χ1) is 16.4. The molecule has 0 heterocycles. The highest BCUT2D eigenvalue weighted by Crippen LogP contribution is 2.38. The Hall–Kier alpha value is -3.47. The van der Waals surface area contributed by atoms with Gasteiger partial charge in [-0.3, -0.25) is 0 Å². The molecule has 4 aromatic rings. The maximum atomic E-state index is 14.8. The van der Waals surface area contributed by atoms with Crippen LogP contribution in [0.1, 0.15) is 27.8 Å². The van der Waals surface area contributed by atoms with Gasteiger partial charge in [-0.1, -0.05) is 54.6 Å². The summed E-state index contributed by atoms with van der Waals surface area (Å²) in [5, 5.41) is 0. The molecule has 0 aliphatic heterocycles. The Morgan fingerprint density at radius 3 is 1.82 bits per heavy atom. The van der Waals surface area contributed by atoms with Crippen molar-refractivity contribution in [1.29, 1.82) is 0 Å². The number of halogens is 1. The summed E-state index contributed by atoms with van der Waals surface area (Å²) >= 11 is 0. The molecular formula is C30H31FN2O. The second-order valence-corrected chi connectivity index (χ2v) is 8.64. The third-order valence-electron chi connectivity index (χ3n) is 6.72. The number of hydrogen-bond donors (Lipinski definition) is 2. The van der Waals surface area contributed by atoms with Crippen LogP contribution >= 0.6 is 0 Å². The van der Waals surface area contributed by atoms with Crippen LogP contribution in [0.4, 0.5) is 4.39 Å². The molecule has 0 fully saturated rings. The van der Waals surface area contributed by atoms with E-state index in [9.17, 15) is 4.39 Å². The minimum atomic E-state index is -0.351. The van der Waals surface area contributed by atoms with Gasteiger partial charge in [-0.2, -0.15) is 0 Å². The number of nitrogens with two attached hydrogens (primary N) is 2. The topological polar surface area (TPSA) is 61.3 Å². The third-order valence-corrected chi connectivity index (χ3v) is 6.72. The van der Waals surface area contributed by atoms with Crippen LogP contribution in [-0.2, 0) is 13.1 Å². The Morgan fingerprint density at radius 1 is 0.706 bits per heavy atom. The first kappa shape index (κ1) is 23.7. The van der Waals surface area contributed by atoms with Crippen molar-refractivity contribution in [3.63, 3.8) is 0 Å². The number of ether oxygens (including phenoxy) is 1. The SMILES string of the molecule is COc1cc(-c2cccc(-c3cccc(-c4ccc(CN)c(C)c4)c3C)c2C)cc(F)c1CN. The predicted molar refractivity (Wildman–Crippen MR) is 139 cm³/mol. The van der Waals surface area contributed by atoms with Crippen molar-refractivity contribution in [2.75, 3.05) is 7.11 Å². The van der Waals surface area contributed by atoms with Crippen molar-refractivity contribution in [3.05, 3.63) is 100 Å². The van der Waals surface area contributed by atoms with E-state index >= 15 is 0 Å². The maximum absolute atomic E-state index is 14.8. The molecule has 0 saturated carbocycles. The van der Waals surface area contributed by atoms with Crippen molar-refractivity contribution in [2.45, 2.75) is 33.9 Å². The van der Waals surface area contributed by atoms with Gasteiger partial charge in [0, 0.05) is 18.7 Å². The molecule has 0 unspecified atom stereocenters. The minimum Gasteiger partial charge on any atom is -0.496 e. The summed E-state index contributed by atoms with van der Waals surface area (Å²) in [6.45, 7) is 6.96. The van der Waals surface area contributed by atoms with Gasteiger partial charge >= 0.3 is 0 Å². The molecule has 174 valence electrons. The van der Waals surface area contributed by atoms with Gasteiger partial charge in [-0.15, -0.1) is 0 Å². The highest BCUT2D eigenvalue weighted by atomic mass is 19.1. The molecule has 0 spiro atoms. The summed E-state index contributed by atoms with van der Waals surface area (Å²) < 4.78 is 20.2. The number of benzene rings is 4. The van der Waals surface area contributed by atoms with Crippen molar-refractivity contribution in [1.82, 2.24) is 0 Å². The zero-order valence-electron chi connectivity index (χ0n) is 20.2. The van der Waals surface area contributed by atoms with E-state index in [0.717, 1.165) is 33.4 Å². The molecule has 4 N–H and O–H groups in total. The lowest BCUT2D eigenvalue weighted by atomic mass is 9.87. The quantitative estimate of drug-likeness (QED) is 0.342. The van der Waals surface area contributed by atoms with E-state index in [0.29, 0.717) is 17.9 Å². The van der Waals surface area contributed by atoms with Gasteiger partial charge in [0.1, 0.15) is 11.6 Å². The predicted octanol–water partition coefficient (Wildman–Crippen LogP) is 6.68. The largest absolute Gasteiger partial charge is 0.496 e. The number of rotatable bonds is 6. The molecule has 4 aromatic carbocycles. The van der Waals surface area contributed by atoms with Gasteiger partial charge in [0.15, 0.2) is 0 Å². The zero-order chi connectivity index (χ0) is 24.4. The number of methoxy groups -OCH3 is 1. The van der Waals surface area contributed by atoms with Gasteiger partial charge in [0.2, 0.25) is 0 Å². The van der Waals surface area contributed by atoms with E-state index in [4.69, 9.17) is 16.2 Å². The smallest absolute Gasteiger partial charge is 0.132 e. The highest BCUT2D eigenvalue weighted by molar-refractivity contribution is 5.84. The van der Waals surface area contributed by atoms with E-state index in [1.54, 1.807) is 6.07 Å². The molecule has 0 radical (unpaired) electrons. The summed E-state index contributed by atoms with van der Waals surface area (Å²) in [6, 6.07) is 22.4. The highest BCUT2D eigenvalue weighted by Gasteiger charge is 2.16. The molecule has 0 atom stereocenters. The van der Waals surface area contributed by atoms with Crippen molar-refractivity contribution in [2.24, 2.45) is 11.5 Å². The fourth-order valence-electron chi connectivity index (χ4n) is 4.72. The van der Waals surface area contributed by atoms with E-state index in [-0.39, 0.29) is 12.4 Å². The summed E-state index contributed by atoms with van der Waals surface area (Å²) in [7, 11) is 1.54. The lowest BCUT2D eigenvalue weighted by Crippen LogP contribution is -2.04. The van der Waals surface area contributed by atoms with Crippen LogP contribution in [0.5, 0.6) is 5.75 Å². The van der Waals surface area contributed by atoms with Crippen LogP contribution in [0.2, 0.25) is 0 Å². The maximum Gasteiger partial charge on any atom is 0.132 e. The molecule has 34 heavy (non-hydrogen) atoms. The average Bonchev–Trinajstić information content (AvgIpc) is 2.84. The van der Waals surface area contributed by atoms with Crippen molar-refractivity contribution >= 4 is 0 Å². The number of aryl methyl sites for hydroxylation is 1. The zero-order valence-corrected chi connectivity index (χ0v) is 20.2. The Morgan fingerprint density at radius 2 is 1.29 bits per heavy atom. The van der Waals surface area contributed by atoms with Crippen LogP contribution in [0.15, 0.2) is 66.7 Å². The first-order valence-electron chi connectivity index (χ1n) is 11.5. The molecule has 4 heteroatoms. The molecule has 0 aliphatic carbocycles. The van der Waals surface area contributed by atoms with Crippen molar-refractivity contribution in [3.8, 4) is 39.1 Å². The Bertz CT molecular complexity index is 1360. The lowest BCUT2D eigenvalue weighted by molar-refractivity contribution is 0.405. The molecule has 4 rings (SSSR count). The average molecular weight is 455 g/mol. The van der Waals surface area contributed by atoms with E-state index < -0.39 is 0 Å². The molecule has 0 aromatic heterocycles. The van der Waals surface area contributed by atoms with Crippen molar-refractivity contribution < 1.29 is 9.13 Å². The Balaban J connectivity index is 1.84. The van der Waals surface area contributed by atoms with Gasteiger partial charge in [0.05, 0.1) is 7.11 Å². The number of hydrogen-bond acceptors (Lipinski definition) is 3. The second kappa shape index (κ2) is 9.80. The molecule has 0 amide bonds. The standard InChI is InChI=1S/C30H31FN2O/c1-18-13-21(11-12-22(18)16-32)24-7-5-9-26(19(24)2)27-10-6-8-25(20(27)3)23-14-29(31)28(17-33)30(15-23)34-4/h5-15H,16-17,32-33H2,1-4H3. The van der Waals surface area contributed by atoms with Crippen LogP contribution in [-0.4, -0.2) is 7.11 Å². The molecule has 3 nitrogen and oxygen atoms in total. The van der Waals surface area contributed by atoms with Gasteiger partial charge in [-0.25, -0.2) is 4.39 Å². The normalized spacial score (nSPS) is 11.0.